The van der Waals surface area contributed by atoms with E-state index in [2.05, 4.69) is 0 Å². The Hall–Kier alpha value is -1.81. The molecule has 2 aromatic carbocycles. The molecule has 0 spiro atoms. The molecule has 0 fully saturated rings. The molecule has 104 valence electrons. The third-order valence-electron chi connectivity index (χ3n) is 3.11. The lowest BCUT2D eigenvalue weighted by molar-refractivity contribution is 0.171. The summed E-state index contributed by atoms with van der Waals surface area (Å²) in [5.74, 6) is -0.645. The van der Waals surface area contributed by atoms with Crippen LogP contribution in [-0.4, -0.2) is 13.2 Å². The Kier molecular flexibility index (Phi) is 3.49. The van der Waals surface area contributed by atoms with Crippen molar-refractivity contribution in [2.24, 2.45) is 0 Å². The van der Waals surface area contributed by atoms with Crippen LogP contribution in [0.4, 0.5) is 8.78 Å². The van der Waals surface area contributed by atoms with Crippen molar-refractivity contribution in [3.05, 3.63) is 59.2 Å². The van der Waals surface area contributed by atoms with Crippen molar-refractivity contribution in [1.82, 2.24) is 0 Å². The molecule has 2 nitrogen and oxygen atoms in total. The molecule has 3 rings (SSSR count). The molecule has 0 amide bonds. The van der Waals surface area contributed by atoms with Gasteiger partial charge in [0, 0.05) is 5.56 Å². The summed E-state index contributed by atoms with van der Waals surface area (Å²) in [6.07, 6.45) is 0. The molecule has 2 aromatic rings. The van der Waals surface area contributed by atoms with Gasteiger partial charge >= 0.3 is 0 Å². The molecule has 0 aromatic heterocycles. The van der Waals surface area contributed by atoms with E-state index < -0.39 is 17.0 Å². The molecule has 1 unspecified atom stereocenters. The molecule has 0 aliphatic carbocycles. The van der Waals surface area contributed by atoms with Crippen molar-refractivity contribution in [2.45, 2.75) is 5.38 Å². The van der Waals surface area contributed by atoms with Gasteiger partial charge in [-0.1, -0.05) is 18.2 Å². The molecule has 0 N–H and O–H groups in total. The summed E-state index contributed by atoms with van der Waals surface area (Å²) in [6.45, 7) is 0.951. The van der Waals surface area contributed by atoms with Crippen LogP contribution < -0.4 is 9.47 Å². The molecule has 1 heterocycles. The lowest BCUT2D eigenvalue weighted by atomic mass is 10.0. The fourth-order valence-corrected chi connectivity index (χ4v) is 2.42. The Bertz CT molecular complexity index is 646. The third kappa shape index (κ3) is 2.31. The number of alkyl halides is 1. The van der Waals surface area contributed by atoms with Gasteiger partial charge in [0.25, 0.3) is 0 Å². The van der Waals surface area contributed by atoms with Crippen LogP contribution >= 0.6 is 11.6 Å². The second-order valence-corrected chi connectivity index (χ2v) is 4.85. The number of ether oxygens (including phenoxy) is 2. The van der Waals surface area contributed by atoms with Gasteiger partial charge in [-0.2, -0.15) is 0 Å². The highest BCUT2D eigenvalue weighted by atomic mass is 35.5. The van der Waals surface area contributed by atoms with Gasteiger partial charge in [-0.05, 0) is 23.8 Å². The van der Waals surface area contributed by atoms with Gasteiger partial charge in [0.2, 0.25) is 0 Å². The Labute approximate surface area is 119 Å². The number of hydrogen-bond donors (Lipinski definition) is 0. The standard InChI is InChI=1S/C15H11ClF2O2/c16-14(10-2-1-3-11(17)15(10)18)9-4-5-12-13(8-9)20-7-6-19-12/h1-5,8,14H,6-7H2. The fraction of sp³-hybridized carbons (Fsp3) is 0.200. The van der Waals surface area contributed by atoms with Crippen molar-refractivity contribution in [2.75, 3.05) is 13.2 Å². The molecular weight excluding hydrogens is 286 g/mol. The third-order valence-corrected chi connectivity index (χ3v) is 3.60. The van der Waals surface area contributed by atoms with Gasteiger partial charge in [-0.15, -0.1) is 11.6 Å². The van der Waals surface area contributed by atoms with Crippen molar-refractivity contribution in [3.63, 3.8) is 0 Å². The van der Waals surface area contributed by atoms with Gasteiger partial charge in [-0.3, -0.25) is 0 Å². The molecule has 1 atom stereocenters. The summed E-state index contributed by atoms with van der Waals surface area (Å²) in [6, 6.07) is 9.09. The van der Waals surface area contributed by atoms with E-state index in [1.165, 1.54) is 12.1 Å². The molecule has 1 aliphatic rings. The van der Waals surface area contributed by atoms with Crippen LogP contribution in [0.2, 0.25) is 0 Å². The summed E-state index contributed by atoms with van der Waals surface area (Å²) < 4.78 is 37.9. The van der Waals surface area contributed by atoms with Crippen LogP contribution in [0.25, 0.3) is 0 Å². The molecule has 0 bridgehead atoms. The summed E-state index contributed by atoms with van der Waals surface area (Å²) >= 11 is 6.25. The minimum atomic E-state index is -0.928. The predicted molar refractivity (Wildman–Crippen MR) is 71.5 cm³/mol. The van der Waals surface area contributed by atoms with E-state index in [1.807, 2.05) is 0 Å². The minimum Gasteiger partial charge on any atom is -0.486 e. The Morgan fingerprint density at radius 2 is 1.75 bits per heavy atom. The maximum atomic E-state index is 13.8. The van der Waals surface area contributed by atoms with Crippen LogP contribution in [0, 0.1) is 11.6 Å². The van der Waals surface area contributed by atoms with Gasteiger partial charge < -0.3 is 9.47 Å². The maximum absolute atomic E-state index is 13.8. The normalized spacial score (nSPS) is 14.9. The zero-order valence-electron chi connectivity index (χ0n) is 10.4. The van der Waals surface area contributed by atoms with Crippen LogP contribution in [-0.2, 0) is 0 Å². The molecule has 0 saturated heterocycles. The predicted octanol–water partition coefficient (Wildman–Crippen LogP) is 4.06. The molecule has 1 aliphatic heterocycles. The first kappa shape index (κ1) is 13.2. The molecule has 5 heteroatoms. The average molecular weight is 297 g/mol. The highest BCUT2D eigenvalue weighted by molar-refractivity contribution is 6.22. The first-order valence-electron chi connectivity index (χ1n) is 6.14. The molecular formula is C15H11ClF2O2. The fourth-order valence-electron chi connectivity index (χ4n) is 2.11. The highest BCUT2D eigenvalue weighted by Gasteiger charge is 2.20. The van der Waals surface area contributed by atoms with Crippen molar-refractivity contribution < 1.29 is 18.3 Å². The van der Waals surface area contributed by atoms with E-state index >= 15 is 0 Å². The first-order valence-corrected chi connectivity index (χ1v) is 6.58. The van der Waals surface area contributed by atoms with Crippen molar-refractivity contribution in [3.8, 4) is 11.5 Å². The van der Waals surface area contributed by atoms with Crippen LogP contribution in [0.15, 0.2) is 36.4 Å². The topological polar surface area (TPSA) is 18.5 Å². The van der Waals surface area contributed by atoms with Crippen LogP contribution in [0.3, 0.4) is 0 Å². The zero-order chi connectivity index (χ0) is 14.1. The Morgan fingerprint density at radius 3 is 2.55 bits per heavy atom. The highest BCUT2D eigenvalue weighted by Crippen LogP contribution is 2.37. The number of benzene rings is 2. The lowest BCUT2D eigenvalue weighted by Gasteiger charge is -2.20. The summed E-state index contributed by atoms with van der Waals surface area (Å²) in [5, 5.41) is -0.790. The smallest absolute Gasteiger partial charge is 0.163 e. The van der Waals surface area contributed by atoms with E-state index in [-0.39, 0.29) is 5.56 Å². The lowest BCUT2D eigenvalue weighted by Crippen LogP contribution is -2.15. The number of hydrogen-bond acceptors (Lipinski definition) is 2. The van der Waals surface area contributed by atoms with E-state index in [4.69, 9.17) is 21.1 Å². The van der Waals surface area contributed by atoms with Gasteiger partial charge in [-0.25, -0.2) is 8.78 Å². The first-order chi connectivity index (χ1) is 9.66. The zero-order valence-corrected chi connectivity index (χ0v) is 11.2. The van der Waals surface area contributed by atoms with E-state index in [0.717, 1.165) is 6.07 Å². The molecule has 20 heavy (non-hydrogen) atoms. The number of rotatable bonds is 2. The number of fused-ring (bicyclic) bond motifs is 1. The average Bonchev–Trinajstić information content (AvgIpc) is 2.49. The number of halogens is 3. The Balaban J connectivity index is 1.98. The van der Waals surface area contributed by atoms with E-state index in [1.54, 1.807) is 18.2 Å². The van der Waals surface area contributed by atoms with Crippen molar-refractivity contribution >= 4 is 11.6 Å². The summed E-state index contributed by atoms with van der Waals surface area (Å²) in [4.78, 5) is 0. The monoisotopic (exact) mass is 296 g/mol. The van der Waals surface area contributed by atoms with Crippen molar-refractivity contribution in [1.29, 1.82) is 0 Å². The quantitative estimate of drug-likeness (QED) is 0.778. The second kappa shape index (κ2) is 5.29. The van der Waals surface area contributed by atoms with Crippen LogP contribution in [0.5, 0.6) is 11.5 Å². The van der Waals surface area contributed by atoms with E-state index in [9.17, 15) is 8.78 Å². The van der Waals surface area contributed by atoms with Crippen LogP contribution in [0.1, 0.15) is 16.5 Å². The summed E-state index contributed by atoms with van der Waals surface area (Å²) in [5.41, 5.74) is 0.726. The van der Waals surface area contributed by atoms with Gasteiger partial charge in [0.05, 0.1) is 5.38 Å². The molecule has 0 saturated carbocycles. The minimum absolute atomic E-state index is 0.100. The maximum Gasteiger partial charge on any atom is 0.163 e. The molecule has 0 radical (unpaired) electrons. The second-order valence-electron chi connectivity index (χ2n) is 4.41. The van der Waals surface area contributed by atoms with Gasteiger partial charge in [0.15, 0.2) is 23.1 Å². The summed E-state index contributed by atoms with van der Waals surface area (Å²) in [7, 11) is 0. The SMILES string of the molecule is Fc1cccc(C(Cl)c2ccc3c(c2)OCCO3)c1F. The Morgan fingerprint density at radius 1 is 1.00 bits per heavy atom. The van der Waals surface area contributed by atoms with E-state index in [0.29, 0.717) is 30.3 Å². The van der Waals surface area contributed by atoms with Gasteiger partial charge in [0.1, 0.15) is 13.2 Å². The largest absolute Gasteiger partial charge is 0.486 e.